The number of carbonyl (C=O) groups excluding carboxylic acids is 1. The van der Waals surface area contributed by atoms with Crippen LogP contribution in [0.1, 0.15) is 19.4 Å². The van der Waals surface area contributed by atoms with Crippen LogP contribution in [0.3, 0.4) is 0 Å². The molecule has 0 bridgehead atoms. The summed E-state index contributed by atoms with van der Waals surface area (Å²) in [6, 6.07) is 4.82. The molecule has 6 nitrogen and oxygen atoms in total. The fourth-order valence-corrected chi connectivity index (χ4v) is 3.19. The second-order valence-corrected chi connectivity index (χ2v) is 6.95. The molecule has 4 N–H and O–H groups in total. The number of nitrogens with two attached hydrogens (primary N) is 1. The molecule has 0 aliphatic carbocycles. The lowest BCUT2D eigenvalue weighted by Gasteiger charge is -2.31. The quantitative estimate of drug-likeness (QED) is 0.742. The fraction of sp³-hybridized carbons (Fsp3) is 0.500. The third-order valence-corrected chi connectivity index (χ3v) is 4.95. The number of hydrogen-bond acceptors (Lipinski definition) is 4. The highest BCUT2D eigenvalue weighted by Gasteiger charge is 2.28. The average Bonchev–Trinajstić information content (AvgIpc) is 2.35. The van der Waals surface area contributed by atoms with Gasteiger partial charge in [-0.3, -0.25) is 4.79 Å². The topological polar surface area (TPSA) is 101 Å². The van der Waals surface area contributed by atoms with Crippen LogP contribution in [0.5, 0.6) is 0 Å². The highest BCUT2D eigenvalue weighted by Crippen LogP contribution is 2.22. The molecule has 2 rings (SSSR count). The molecule has 1 atom stereocenters. The third-order valence-electron chi connectivity index (χ3n) is 3.96. The Labute approximate surface area is 137 Å². The van der Waals surface area contributed by atoms with Gasteiger partial charge in [0.05, 0.1) is 4.90 Å². The van der Waals surface area contributed by atoms with Crippen LogP contribution in [0.4, 0.5) is 5.69 Å². The summed E-state index contributed by atoms with van der Waals surface area (Å²) < 4.78 is 23.2. The predicted molar refractivity (Wildman–Crippen MR) is 88.6 cm³/mol. The molecule has 1 fully saturated rings. The van der Waals surface area contributed by atoms with Crippen molar-refractivity contribution >= 4 is 34.0 Å². The maximum Gasteiger partial charge on any atom is 0.238 e. The lowest BCUT2D eigenvalue weighted by atomic mass is 9.88. The molecule has 1 aliphatic rings. The van der Waals surface area contributed by atoms with E-state index in [1.807, 2.05) is 13.8 Å². The maximum atomic E-state index is 12.1. The molecule has 1 aliphatic heterocycles. The summed E-state index contributed by atoms with van der Waals surface area (Å²) >= 11 is 0. The van der Waals surface area contributed by atoms with Gasteiger partial charge in [0.1, 0.15) is 0 Å². The van der Waals surface area contributed by atoms with Crippen LogP contribution in [-0.4, -0.2) is 27.4 Å². The number of amides is 1. The first-order valence-corrected chi connectivity index (χ1v) is 8.55. The summed E-state index contributed by atoms with van der Waals surface area (Å²) in [5, 5.41) is 11.1. The number of sulfonamides is 1. The summed E-state index contributed by atoms with van der Waals surface area (Å²) in [6.07, 6.45) is 0.560. The number of hydrogen-bond donors (Lipinski definition) is 3. The predicted octanol–water partition coefficient (Wildman–Crippen LogP) is 1.11. The zero-order chi connectivity index (χ0) is 15.6. The van der Waals surface area contributed by atoms with Gasteiger partial charge < -0.3 is 10.6 Å². The number of carbonyl (C=O) groups is 1. The van der Waals surface area contributed by atoms with Gasteiger partial charge in [-0.15, -0.1) is 12.4 Å². The molecular weight excluding hydrogens is 326 g/mol. The Morgan fingerprint density at radius 1 is 1.45 bits per heavy atom. The SMILES string of the molecule is CCc1ccc(NC(=O)C(C)C2CNC2)cc1S(N)(=O)=O.Cl. The zero-order valence-corrected chi connectivity index (χ0v) is 14.3. The Balaban J connectivity index is 0.00000242. The molecule has 0 aromatic heterocycles. The van der Waals surface area contributed by atoms with Crippen molar-refractivity contribution in [2.45, 2.75) is 25.2 Å². The van der Waals surface area contributed by atoms with Crippen molar-refractivity contribution in [1.82, 2.24) is 5.32 Å². The molecule has 124 valence electrons. The Hall–Kier alpha value is -1.15. The smallest absolute Gasteiger partial charge is 0.238 e. The van der Waals surface area contributed by atoms with Gasteiger partial charge in [0.25, 0.3) is 0 Å². The van der Waals surface area contributed by atoms with E-state index in [4.69, 9.17) is 5.14 Å². The van der Waals surface area contributed by atoms with Crippen LogP contribution < -0.4 is 15.8 Å². The van der Waals surface area contributed by atoms with E-state index >= 15 is 0 Å². The Bertz CT molecular complexity index is 645. The minimum atomic E-state index is -3.80. The van der Waals surface area contributed by atoms with Gasteiger partial charge in [-0.1, -0.05) is 19.9 Å². The minimum absolute atomic E-state index is 0. The van der Waals surface area contributed by atoms with Crippen molar-refractivity contribution in [3.8, 4) is 0 Å². The molecule has 22 heavy (non-hydrogen) atoms. The van der Waals surface area contributed by atoms with Crippen molar-refractivity contribution in [2.24, 2.45) is 17.0 Å². The van der Waals surface area contributed by atoms with Crippen molar-refractivity contribution in [1.29, 1.82) is 0 Å². The first-order chi connectivity index (χ1) is 9.82. The highest BCUT2D eigenvalue weighted by atomic mass is 35.5. The van der Waals surface area contributed by atoms with Gasteiger partial charge in [0.15, 0.2) is 0 Å². The standard InChI is InChI=1S/C14H21N3O3S.ClH/c1-3-10-4-5-12(6-13(10)21(15,19)20)17-14(18)9(2)11-7-16-8-11;/h4-6,9,11,16H,3,7-8H2,1-2H3,(H,17,18)(H2,15,19,20);1H. The fourth-order valence-electron chi connectivity index (χ4n) is 2.32. The molecule has 1 heterocycles. The van der Waals surface area contributed by atoms with Gasteiger partial charge >= 0.3 is 0 Å². The first-order valence-electron chi connectivity index (χ1n) is 7.00. The van der Waals surface area contributed by atoms with Crippen LogP contribution in [0.25, 0.3) is 0 Å². The number of anilines is 1. The van der Waals surface area contributed by atoms with Crippen LogP contribution in [0.2, 0.25) is 0 Å². The van der Waals surface area contributed by atoms with Gasteiger partial charge in [-0.2, -0.15) is 0 Å². The summed E-state index contributed by atoms with van der Waals surface area (Å²) in [5.41, 5.74) is 1.10. The Kier molecular flexibility index (Phi) is 6.37. The second kappa shape index (κ2) is 7.41. The van der Waals surface area contributed by atoms with Crippen LogP contribution in [0.15, 0.2) is 23.1 Å². The lowest BCUT2D eigenvalue weighted by Crippen LogP contribution is -2.48. The monoisotopic (exact) mass is 347 g/mol. The van der Waals surface area contributed by atoms with Gasteiger partial charge in [0, 0.05) is 11.6 Å². The van der Waals surface area contributed by atoms with Crippen LogP contribution >= 0.6 is 12.4 Å². The second-order valence-electron chi connectivity index (χ2n) is 5.42. The largest absolute Gasteiger partial charge is 0.326 e. The van der Waals surface area contributed by atoms with Crippen molar-refractivity contribution < 1.29 is 13.2 Å². The Morgan fingerprint density at radius 3 is 2.55 bits per heavy atom. The maximum absolute atomic E-state index is 12.1. The molecule has 8 heteroatoms. The molecule has 1 amide bonds. The van der Waals surface area contributed by atoms with E-state index in [-0.39, 0.29) is 29.1 Å². The summed E-state index contributed by atoms with van der Waals surface area (Å²) in [4.78, 5) is 12.2. The number of benzene rings is 1. The van der Waals surface area contributed by atoms with Crippen molar-refractivity contribution in [3.63, 3.8) is 0 Å². The molecule has 0 radical (unpaired) electrons. The number of rotatable bonds is 5. The lowest BCUT2D eigenvalue weighted by molar-refractivity contribution is -0.121. The molecule has 1 unspecified atom stereocenters. The number of halogens is 1. The minimum Gasteiger partial charge on any atom is -0.326 e. The van der Waals surface area contributed by atoms with E-state index in [1.54, 1.807) is 12.1 Å². The molecule has 1 aromatic rings. The van der Waals surface area contributed by atoms with E-state index < -0.39 is 10.0 Å². The molecule has 1 saturated heterocycles. The number of primary sulfonamides is 1. The Morgan fingerprint density at radius 2 is 2.09 bits per heavy atom. The number of aryl methyl sites for hydroxylation is 1. The van der Waals surface area contributed by atoms with E-state index in [9.17, 15) is 13.2 Å². The third kappa shape index (κ3) is 4.19. The zero-order valence-electron chi connectivity index (χ0n) is 12.6. The van der Waals surface area contributed by atoms with Crippen LogP contribution in [-0.2, 0) is 21.2 Å². The average molecular weight is 348 g/mol. The normalized spacial score (nSPS) is 16.3. The molecular formula is C14H22ClN3O3S. The van der Waals surface area contributed by atoms with Crippen LogP contribution in [0, 0.1) is 11.8 Å². The van der Waals surface area contributed by atoms with Gasteiger partial charge in [-0.25, -0.2) is 13.6 Å². The van der Waals surface area contributed by atoms with Gasteiger partial charge in [-0.05, 0) is 43.1 Å². The number of nitrogens with one attached hydrogen (secondary N) is 2. The molecule has 0 saturated carbocycles. The highest BCUT2D eigenvalue weighted by molar-refractivity contribution is 7.89. The van der Waals surface area contributed by atoms with Crippen molar-refractivity contribution in [3.05, 3.63) is 23.8 Å². The van der Waals surface area contributed by atoms with E-state index in [2.05, 4.69) is 10.6 Å². The van der Waals surface area contributed by atoms with E-state index in [0.29, 0.717) is 23.6 Å². The van der Waals surface area contributed by atoms with Gasteiger partial charge in [0.2, 0.25) is 15.9 Å². The summed E-state index contributed by atoms with van der Waals surface area (Å²) in [5.74, 6) is 0.110. The van der Waals surface area contributed by atoms with E-state index in [1.165, 1.54) is 6.07 Å². The summed E-state index contributed by atoms with van der Waals surface area (Å²) in [7, 11) is -3.80. The molecule has 0 spiro atoms. The van der Waals surface area contributed by atoms with E-state index in [0.717, 1.165) is 13.1 Å². The molecule has 1 aromatic carbocycles. The first kappa shape index (κ1) is 18.9. The summed E-state index contributed by atoms with van der Waals surface area (Å²) in [6.45, 7) is 5.41. The van der Waals surface area contributed by atoms with Crippen molar-refractivity contribution in [2.75, 3.05) is 18.4 Å².